The third kappa shape index (κ3) is 4.19. The first-order valence-electron chi connectivity index (χ1n) is 7.78. The van der Waals surface area contributed by atoms with Crippen LogP contribution < -0.4 is 10.5 Å². The summed E-state index contributed by atoms with van der Waals surface area (Å²) < 4.78 is 10.5. The summed E-state index contributed by atoms with van der Waals surface area (Å²) >= 11 is 0. The first-order chi connectivity index (χ1) is 10.2. The second-order valence-electron chi connectivity index (χ2n) is 6.01. The first-order valence-corrected chi connectivity index (χ1v) is 7.78. The smallest absolute Gasteiger partial charge is 0.118 e. The Morgan fingerprint density at radius 2 is 1.81 bits per heavy atom. The molecular formula is C17H28N2O2. The molecule has 1 fully saturated rings. The van der Waals surface area contributed by atoms with E-state index >= 15 is 0 Å². The minimum Gasteiger partial charge on any atom is -0.497 e. The van der Waals surface area contributed by atoms with Crippen LogP contribution in [0.5, 0.6) is 5.75 Å². The van der Waals surface area contributed by atoms with Crippen molar-refractivity contribution < 1.29 is 9.47 Å². The van der Waals surface area contributed by atoms with Crippen molar-refractivity contribution in [1.29, 1.82) is 0 Å². The predicted octanol–water partition coefficient (Wildman–Crippen LogP) is 2.44. The fourth-order valence-electron chi connectivity index (χ4n) is 3.28. The van der Waals surface area contributed by atoms with Crippen LogP contribution in [0.2, 0.25) is 0 Å². The van der Waals surface area contributed by atoms with Crippen molar-refractivity contribution in [2.45, 2.75) is 31.8 Å². The first kappa shape index (κ1) is 16.3. The molecule has 2 N–H and O–H groups in total. The van der Waals surface area contributed by atoms with E-state index in [9.17, 15) is 0 Å². The summed E-state index contributed by atoms with van der Waals surface area (Å²) in [6.07, 6.45) is 2.38. The SMILES string of the molecule is COCC1CCN(C(c2ccc(OC)cc2)C(C)N)CC1. The van der Waals surface area contributed by atoms with Crippen LogP contribution in [0.25, 0.3) is 0 Å². The van der Waals surface area contributed by atoms with Gasteiger partial charge >= 0.3 is 0 Å². The van der Waals surface area contributed by atoms with Crippen molar-refractivity contribution >= 4 is 0 Å². The molecule has 118 valence electrons. The number of nitrogens with zero attached hydrogens (tertiary/aromatic N) is 1. The zero-order chi connectivity index (χ0) is 15.2. The highest BCUT2D eigenvalue weighted by molar-refractivity contribution is 5.30. The maximum Gasteiger partial charge on any atom is 0.118 e. The topological polar surface area (TPSA) is 47.7 Å². The number of methoxy groups -OCH3 is 2. The summed E-state index contributed by atoms with van der Waals surface area (Å²) in [4.78, 5) is 2.51. The third-order valence-corrected chi connectivity index (χ3v) is 4.40. The van der Waals surface area contributed by atoms with E-state index < -0.39 is 0 Å². The Hall–Kier alpha value is -1.10. The van der Waals surface area contributed by atoms with Crippen LogP contribution in [0.3, 0.4) is 0 Å². The maximum atomic E-state index is 6.27. The van der Waals surface area contributed by atoms with Gasteiger partial charge in [0.1, 0.15) is 5.75 Å². The number of hydrogen-bond acceptors (Lipinski definition) is 4. The normalized spacial score (nSPS) is 20.2. The molecule has 0 radical (unpaired) electrons. The number of ether oxygens (including phenoxy) is 2. The van der Waals surface area contributed by atoms with E-state index in [-0.39, 0.29) is 12.1 Å². The standard InChI is InChI=1S/C17H28N2O2/c1-13(18)17(15-4-6-16(21-3)7-5-15)19-10-8-14(9-11-19)12-20-2/h4-7,13-14,17H,8-12,18H2,1-3H3. The van der Waals surface area contributed by atoms with Gasteiger partial charge in [-0.15, -0.1) is 0 Å². The average molecular weight is 292 g/mol. The second kappa shape index (κ2) is 7.78. The van der Waals surface area contributed by atoms with E-state index in [1.165, 1.54) is 18.4 Å². The lowest BCUT2D eigenvalue weighted by atomic mass is 9.92. The van der Waals surface area contributed by atoms with E-state index in [1.807, 2.05) is 12.1 Å². The van der Waals surface area contributed by atoms with Gasteiger partial charge in [-0.3, -0.25) is 4.90 Å². The lowest BCUT2D eigenvalue weighted by Crippen LogP contribution is -2.44. The van der Waals surface area contributed by atoms with Crippen LogP contribution in [0.4, 0.5) is 0 Å². The van der Waals surface area contributed by atoms with Crippen LogP contribution in [0.1, 0.15) is 31.4 Å². The summed E-state index contributed by atoms with van der Waals surface area (Å²) in [5.74, 6) is 1.58. The van der Waals surface area contributed by atoms with Gasteiger partial charge in [-0.25, -0.2) is 0 Å². The van der Waals surface area contributed by atoms with Gasteiger partial charge in [0.25, 0.3) is 0 Å². The van der Waals surface area contributed by atoms with E-state index in [2.05, 4.69) is 24.0 Å². The molecule has 1 aromatic carbocycles. The van der Waals surface area contributed by atoms with E-state index in [0.29, 0.717) is 5.92 Å². The molecule has 21 heavy (non-hydrogen) atoms. The molecule has 4 nitrogen and oxygen atoms in total. The monoisotopic (exact) mass is 292 g/mol. The quantitative estimate of drug-likeness (QED) is 0.875. The van der Waals surface area contributed by atoms with Crippen molar-refractivity contribution in [3.63, 3.8) is 0 Å². The number of benzene rings is 1. The molecule has 2 atom stereocenters. The van der Waals surface area contributed by atoms with Crippen molar-refractivity contribution in [1.82, 2.24) is 4.90 Å². The van der Waals surface area contributed by atoms with Gasteiger partial charge in [0.15, 0.2) is 0 Å². The Kier molecular flexibility index (Phi) is 6.03. The lowest BCUT2D eigenvalue weighted by molar-refractivity contribution is 0.0736. The van der Waals surface area contributed by atoms with Crippen LogP contribution in [0, 0.1) is 5.92 Å². The highest BCUT2D eigenvalue weighted by Crippen LogP contribution is 2.29. The van der Waals surface area contributed by atoms with E-state index in [1.54, 1.807) is 14.2 Å². The Labute approximate surface area is 128 Å². The molecule has 0 aromatic heterocycles. The molecule has 0 aliphatic carbocycles. The molecular weight excluding hydrogens is 264 g/mol. The Morgan fingerprint density at radius 1 is 1.19 bits per heavy atom. The lowest BCUT2D eigenvalue weighted by Gasteiger charge is -2.39. The molecule has 4 heteroatoms. The minimum atomic E-state index is 0.109. The summed E-state index contributed by atoms with van der Waals surface area (Å²) in [7, 11) is 3.48. The van der Waals surface area contributed by atoms with E-state index in [0.717, 1.165) is 25.4 Å². The van der Waals surface area contributed by atoms with Gasteiger partial charge in [0.2, 0.25) is 0 Å². The molecule has 1 heterocycles. The number of piperidine rings is 1. The molecule has 1 aromatic rings. The van der Waals surface area contributed by atoms with Gasteiger partial charge < -0.3 is 15.2 Å². The van der Waals surface area contributed by atoms with Gasteiger partial charge in [0, 0.05) is 25.8 Å². The van der Waals surface area contributed by atoms with Crippen molar-refractivity contribution in [3.8, 4) is 5.75 Å². The number of nitrogens with two attached hydrogens (primary N) is 1. The zero-order valence-electron chi connectivity index (χ0n) is 13.4. The molecule has 1 aliphatic rings. The van der Waals surface area contributed by atoms with Crippen LogP contribution in [-0.4, -0.2) is 44.9 Å². The van der Waals surface area contributed by atoms with Crippen molar-refractivity contribution in [3.05, 3.63) is 29.8 Å². The molecule has 0 bridgehead atoms. The van der Waals surface area contributed by atoms with Gasteiger partial charge in [0.05, 0.1) is 7.11 Å². The van der Waals surface area contributed by atoms with Gasteiger partial charge in [-0.1, -0.05) is 12.1 Å². The van der Waals surface area contributed by atoms with Crippen LogP contribution >= 0.6 is 0 Å². The Bertz CT molecular complexity index is 411. The molecule has 0 amide bonds. The summed E-state index contributed by atoms with van der Waals surface area (Å²) in [5, 5.41) is 0. The molecule has 1 aliphatic heterocycles. The zero-order valence-corrected chi connectivity index (χ0v) is 13.4. The number of likely N-dealkylation sites (tertiary alicyclic amines) is 1. The average Bonchev–Trinajstić information content (AvgIpc) is 2.50. The van der Waals surface area contributed by atoms with Crippen LogP contribution in [-0.2, 0) is 4.74 Å². The summed E-state index contributed by atoms with van der Waals surface area (Å²) in [5.41, 5.74) is 7.54. The Morgan fingerprint density at radius 3 is 2.29 bits per heavy atom. The minimum absolute atomic E-state index is 0.109. The van der Waals surface area contributed by atoms with Gasteiger partial charge in [-0.2, -0.15) is 0 Å². The number of rotatable bonds is 6. The second-order valence-corrected chi connectivity index (χ2v) is 6.01. The number of hydrogen-bond donors (Lipinski definition) is 1. The fraction of sp³-hybridized carbons (Fsp3) is 0.647. The predicted molar refractivity (Wildman–Crippen MR) is 85.6 cm³/mol. The highest BCUT2D eigenvalue weighted by atomic mass is 16.5. The molecule has 2 rings (SSSR count). The Balaban J connectivity index is 2.05. The van der Waals surface area contributed by atoms with Crippen LogP contribution in [0.15, 0.2) is 24.3 Å². The summed E-state index contributed by atoms with van der Waals surface area (Å²) in [6, 6.07) is 8.68. The molecule has 1 saturated heterocycles. The molecule has 2 unspecified atom stereocenters. The van der Waals surface area contributed by atoms with E-state index in [4.69, 9.17) is 15.2 Å². The largest absolute Gasteiger partial charge is 0.497 e. The summed E-state index contributed by atoms with van der Waals surface area (Å²) in [6.45, 7) is 5.15. The molecule has 0 saturated carbocycles. The van der Waals surface area contributed by atoms with Crippen molar-refractivity contribution in [2.24, 2.45) is 11.7 Å². The maximum absolute atomic E-state index is 6.27. The van der Waals surface area contributed by atoms with Gasteiger partial charge in [-0.05, 0) is 56.5 Å². The van der Waals surface area contributed by atoms with Crippen molar-refractivity contribution in [2.75, 3.05) is 33.9 Å². The third-order valence-electron chi connectivity index (χ3n) is 4.40. The molecule has 0 spiro atoms. The highest BCUT2D eigenvalue weighted by Gasteiger charge is 2.28. The fourth-order valence-corrected chi connectivity index (χ4v) is 3.28.